The Morgan fingerprint density at radius 2 is 1.75 bits per heavy atom. The molecule has 1 aromatic carbocycles. The molecule has 24 heavy (non-hydrogen) atoms. The van der Waals surface area contributed by atoms with Crippen molar-refractivity contribution in [2.75, 3.05) is 11.9 Å². The summed E-state index contributed by atoms with van der Waals surface area (Å²) in [5.41, 5.74) is 6.02. The number of carbonyl (C=O) groups is 4. The molecule has 1 aromatic heterocycles. The van der Waals surface area contributed by atoms with Gasteiger partial charge < -0.3 is 11.1 Å². The smallest absolute Gasteiger partial charge is 0.262 e. The standard InChI is InChI=1S/C16H13N3O4S/c1-8-6-11(13(17)21)14(24-8)18-12(20)7-19-15(22)9-4-2-3-5-10(9)16(19)23/h2-6H,7H2,1H3,(H2,17,21)(H,18,20). The molecule has 0 fully saturated rings. The van der Waals surface area contributed by atoms with Crippen LogP contribution in [0.25, 0.3) is 0 Å². The lowest BCUT2D eigenvalue weighted by molar-refractivity contribution is -0.116. The SMILES string of the molecule is Cc1cc(C(N)=O)c(NC(=O)CN2C(=O)c3ccccc3C2=O)s1. The lowest BCUT2D eigenvalue weighted by Gasteiger charge is -2.13. The number of primary amides is 1. The van der Waals surface area contributed by atoms with Gasteiger partial charge in [0.15, 0.2) is 0 Å². The van der Waals surface area contributed by atoms with Gasteiger partial charge in [0.25, 0.3) is 17.7 Å². The molecule has 0 radical (unpaired) electrons. The van der Waals surface area contributed by atoms with Gasteiger partial charge in [-0.1, -0.05) is 12.1 Å². The summed E-state index contributed by atoms with van der Waals surface area (Å²) in [6.45, 7) is 1.35. The van der Waals surface area contributed by atoms with Crippen LogP contribution in [0.2, 0.25) is 0 Å². The normalized spacial score (nSPS) is 13.1. The van der Waals surface area contributed by atoms with E-state index in [1.807, 2.05) is 0 Å². The fourth-order valence-corrected chi connectivity index (χ4v) is 3.42. The van der Waals surface area contributed by atoms with Crippen molar-refractivity contribution in [2.45, 2.75) is 6.92 Å². The highest BCUT2D eigenvalue weighted by molar-refractivity contribution is 7.16. The van der Waals surface area contributed by atoms with Crippen LogP contribution >= 0.6 is 11.3 Å². The van der Waals surface area contributed by atoms with E-state index in [0.29, 0.717) is 5.00 Å². The maximum absolute atomic E-state index is 12.2. The van der Waals surface area contributed by atoms with E-state index in [1.165, 1.54) is 11.3 Å². The number of fused-ring (bicyclic) bond motifs is 1. The first-order valence-corrected chi connectivity index (χ1v) is 7.85. The molecule has 0 bridgehead atoms. The predicted octanol–water partition coefficient (Wildman–Crippen LogP) is 1.39. The topological polar surface area (TPSA) is 110 Å². The Labute approximate surface area is 141 Å². The number of benzene rings is 1. The van der Waals surface area contributed by atoms with E-state index in [2.05, 4.69) is 5.32 Å². The van der Waals surface area contributed by atoms with E-state index >= 15 is 0 Å². The van der Waals surface area contributed by atoms with Crippen LogP contribution in [0.3, 0.4) is 0 Å². The van der Waals surface area contributed by atoms with Gasteiger partial charge in [-0.25, -0.2) is 0 Å². The molecule has 0 spiro atoms. The van der Waals surface area contributed by atoms with Crippen LogP contribution in [0, 0.1) is 6.92 Å². The zero-order valence-electron chi connectivity index (χ0n) is 12.7. The molecule has 122 valence electrons. The van der Waals surface area contributed by atoms with Gasteiger partial charge in [0, 0.05) is 4.88 Å². The third-order valence-corrected chi connectivity index (χ3v) is 4.52. The van der Waals surface area contributed by atoms with E-state index < -0.39 is 30.2 Å². The van der Waals surface area contributed by atoms with Gasteiger partial charge in [-0.2, -0.15) is 0 Å². The van der Waals surface area contributed by atoms with Crippen LogP contribution in [-0.4, -0.2) is 35.1 Å². The molecule has 0 saturated carbocycles. The van der Waals surface area contributed by atoms with Crippen molar-refractivity contribution in [2.24, 2.45) is 5.73 Å². The number of anilines is 1. The monoisotopic (exact) mass is 343 g/mol. The Morgan fingerprint density at radius 3 is 2.29 bits per heavy atom. The summed E-state index contributed by atoms with van der Waals surface area (Å²) in [5.74, 6) is -2.25. The van der Waals surface area contributed by atoms with E-state index in [4.69, 9.17) is 5.73 Å². The van der Waals surface area contributed by atoms with Crippen molar-refractivity contribution in [1.82, 2.24) is 4.90 Å². The van der Waals surface area contributed by atoms with E-state index in [9.17, 15) is 19.2 Å². The molecule has 3 rings (SSSR count). The first-order valence-electron chi connectivity index (χ1n) is 7.04. The number of carbonyl (C=O) groups excluding carboxylic acids is 4. The number of imide groups is 1. The number of hydrogen-bond acceptors (Lipinski definition) is 5. The lowest BCUT2D eigenvalue weighted by atomic mass is 10.1. The molecule has 7 nitrogen and oxygen atoms in total. The molecule has 0 atom stereocenters. The number of rotatable bonds is 4. The van der Waals surface area contributed by atoms with E-state index in [1.54, 1.807) is 37.3 Å². The second-order valence-corrected chi connectivity index (χ2v) is 6.51. The van der Waals surface area contributed by atoms with Crippen molar-refractivity contribution in [3.05, 3.63) is 51.9 Å². The van der Waals surface area contributed by atoms with Crippen molar-refractivity contribution >= 4 is 40.0 Å². The molecule has 0 aliphatic carbocycles. The van der Waals surface area contributed by atoms with Crippen molar-refractivity contribution in [1.29, 1.82) is 0 Å². The molecule has 0 unspecified atom stereocenters. The zero-order chi connectivity index (χ0) is 17.4. The summed E-state index contributed by atoms with van der Waals surface area (Å²) in [6.07, 6.45) is 0. The first-order chi connectivity index (χ1) is 11.4. The highest BCUT2D eigenvalue weighted by Gasteiger charge is 2.36. The molecule has 2 heterocycles. The minimum absolute atomic E-state index is 0.202. The fourth-order valence-electron chi connectivity index (χ4n) is 2.48. The zero-order valence-corrected chi connectivity index (χ0v) is 13.5. The number of hydrogen-bond donors (Lipinski definition) is 2. The molecule has 2 aromatic rings. The van der Waals surface area contributed by atoms with E-state index in [-0.39, 0.29) is 16.7 Å². The maximum atomic E-state index is 12.2. The third kappa shape index (κ3) is 2.67. The maximum Gasteiger partial charge on any atom is 0.262 e. The summed E-state index contributed by atoms with van der Waals surface area (Å²) in [7, 11) is 0. The average molecular weight is 343 g/mol. The van der Waals surface area contributed by atoms with Gasteiger partial charge in [-0.05, 0) is 25.1 Å². The van der Waals surface area contributed by atoms with Gasteiger partial charge in [-0.3, -0.25) is 24.1 Å². The fraction of sp³-hybridized carbons (Fsp3) is 0.125. The Hall–Kier alpha value is -3.00. The van der Waals surface area contributed by atoms with Gasteiger partial charge in [0.2, 0.25) is 5.91 Å². The number of thiophene rings is 1. The molecule has 1 aliphatic rings. The number of nitrogens with two attached hydrogens (primary N) is 1. The van der Waals surface area contributed by atoms with Crippen molar-refractivity contribution in [3.63, 3.8) is 0 Å². The summed E-state index contributed by atoms with van der Waals surface area (Å²) in [6, 6.07) is 7.97. The van der Waals surface area contributed by atoms with Crippen molar-refractivity contribution in [3.8, 4) is 0 Å². The quantitative estimate of drug-likeness (QED) is 0.817. The highest BCUT2D eigenvalue weighted by atomic mass is 32.1. The Balaban J connectivity index is 1.76. The Morgan fingerprint density at radius 1 is 1.17 bits per heavy atom. The van der Waals surface area contributed by atoms with E-state index in [0.717, 1.165) is 9.78 Å². The van der Waals surface area contributed by atoms with Gasteiger partial charge >= 0.3 is 0 Å². The minimum Gasteiger partial charge on any atom is -0.366 e. The number of aryl methyl sites for hydroxylation is 1. The first kappa shape index (κ1) is 15.9. The average Bonchev–Trinajstić information content (AvgIpc) is 3.01. The highest BCUT2D eigenvalue weighted by Crippen LogP contribution is 2.27. The molecular formula is C16H13N3O4S. The number of nitrogens with one attached hydrogen (secondary N) is 1. The lowest BCUT2D eigenvalue weighted by Crippen LogP contribution is -2.37. The summed E-state index contributed by atoms with van der Waals surface area (Å²) >= 11 is 1.20. The van der Waals surface area contributed by atoms with Crippen LogP contribution in [0.15, 0.2) is 30.3 Å². The number of nitrogens with zero attached hydrogens (tertiary/aromatic N) is 1. The van der Waals surface area contributed by atoms with Crippen LogP contribution in [0.5, 0.6) is 0 Å². The van der Waals surface area contributed by atoms with Gasteiger partial charge in [0.1, 0.15) is 11.5 Å². The molecule has 4 amide bonds. The Kier molecular flexibility index (Phi) is 3.90. The largest absolute Gasteiger partial charge is 0.366 e. The van der Waals surface area contributed by atoms with Crippen LogP contribution in [0.4, 0.5) is 5.00 Å². The van der Waals surface area contributed by atoms with Gasteiger partial charge in [-0.15, -0.1) is 11.3 Å². The van der Waals surface area contributed by atoms with Crippen LogP contribution in [-0.2, 0) is 4.79 Å². The predicted molar refractivity (Wildman–Crippen MR) is 88.0 cm³/mol. The third-order valence-electron chi connectivity index (χ3n) is 3.55. The summed E-state index contributed by atoms with van der Waals surface area (Å²) in [5, 5.41) is 2.85. The molecule has 0 saturated heterocycles. The second-order valence-electron chi connectivity index (χ2n) is 5.25. The van der Waals surface area contributed by atoms with Crippen LogP contribution < -0.4 is 11.1 Å². The second kappa shape index (κ2) is 5.89. The molecular weight excluding hydrogens is 330 g/mol. The summed E-state index contributed by atoms with van der Waals surface area (Å²) < 4.78 is 0. The molecule has 3 N–H and O–H groups in total. The molecule has 8 heteroatoms. The van der Waals surface area contributed by atoms with Crippen molar-refractivity contribution < 1.29 is 19.2 Å². The Bertz CT molecular complexity index is 852. The minimum atomic E-state index is -0.657. The molecule has 1 aliphatic heterocycles. The van der Waals surface area contributed by atoms with Crippen LogP contribution in [0.1, 0.15) is 36.0 Å². The number of amides is 4. The van der Waals surface area contributed by atoms with Gasteiger partial charge in [0.05, 0.1) is 16.7 Å². The summed E-state index contributed by atoms with van der Waals surface area (Å²) in [4.78, 5) is 49.7.